The molecule has 15 heavy (non-hydrogen) atoms. The maximum atomic E-state index is 11.0. The summed E-state index contributed by atoms with van der Waals surface area (Å²) in [5.41, 5.74) is 0.154. The molecule has 0 atom stereocenters. The van der Waals surface area contributed by atoms with E-state index in [1.54, 1.807) is 12.1 Å². The molecule has 1 aromatic carbocycles. The van der Waals surface area contributed by atoms with Gasteiger partial charge in [-0.15, -0.1) is 0 Å². The maximum Gasteiger partial charge on any atom is 0.339 e. The SMILES string of the molecule is COc1cccc(C(=O)O)c1OC1CC1. The summed E-state index contributed by atoms with van der Waals surface area (Å²) in [4.78, 5) is 11.0. The molecule has 0 bridgehead atoms. The number of carboxylic acids is 1. The van der Waals surface area contributed by atoms with Gasteiger partial charge in [-0.1, -0.05) is 6.07 Å². The monoisotopic (exact) mass is 208 g/mol. The number of benzene rings is 1. The van der Waals surface area contributed by atoms with Crippen LogP contribution >= 0.6 is 0 Å². The van der Waals surface area contributed by atoms with Crippen LogP contribution in [0.15, 0.2) is 18.2 Å². The standard InChI is InChI=1S/C11H12O4/c1-14-9-4-2-3-8(11(12)13)10(9)15-7-5-6-7/h2-4,7H,5-6H2,1H3,(H,12,13). The zero-order chi connectivity index (χ0) is 10.8. The Morgan fingerprint density at radius 3 is 2.73 bits per heavy atom. The molecule has 4 heteroatoms. The number of rotatable bonds is 4. The molecule has 4 nitrogen and oxygen atoms in total. The third kappa shape index (κ3) is 2.03. The van der Waals surface area contributed by atoms with Gasteiger partial charge in [-0.3, -0.25) is 0 Å². The normalized spacial score (nSPS) is 14.7. The lowest BCUT2D eigenvalue weighted by atomic mass is 10.2. The summed E-state index contributed by atoms with van der Waals surface area (Å²) in [5, 5.41) is 8.98. The number of para-hydroxylation sites is 1. The quantitative estimate of drug-likeness (QED) is 0.821. The van der Waals surface area contributed by atoms with E-state index in [9.17, 15) is 4.79 Å². The second-order valence-electron chi connectivity index (χ2n) is 3.46. The predicted molar refractivity (Wildman–Crippen MR) is 53.6 cm³/mol. The third-order valence-electron chi connectivity index (χ3n) is 2.24. The van der Waals surface area contributed by atoms with Crippen molar-refractivity contribution < 1.29 is 19.4 Å². The molecule has 0 radical (unpaired) electrons. The van der Waals surface area contributed by atoms with Gasteiger partial charge in [0.1, 0.15) is 5.56 Å². The van der Waals surface area contributed by atoms with Crippen LogP contribution in [0.3, 0.4) is 0 Å². The van der Waals surface area contributed by atoms with Crippen molar-refractivity contribution in [1.82, 2.24) is 0 Å². The Morgan fingerprint density at radius 2 is 2.20 bits per heavy atom. The second kappa shape index (κ2) is 3.81. The molecule has 80 valence electrons. The fourth-order valence-corrected chi connectivity index (χ4v) is 1.32. The Bertz CT molecular complexity index is 382. The minimum Gasteiger partial charge on any atom is -0.493 e. The number of aromatic carboxylic acids is 1. The van der Waals surface area contributed by atoms with Gasteiger partial charge in [0, 0.05) is 0 Å². The molecule has 0 amide bonds. The molecule has 0 heterocycles. The van der Waals surface area contributed by atoms with E-state index < -0.39 is 5.97 Å². The molecule has 1 saturated carbocycles. The Morgan fingerprint density at radius 1 is 1.47 bits per heavy atom. The summed E-state index contributed by atoms with van der Waals surface area (Å²) in [6, 6.07) is 4.86. The van der Waals surface area contributed by atoms with Gasteiger partial charge in [-0.05, 0) is 25.0 Å². The molecule has 0 spiro atoms. The number of hydrogen-bond acceptors (Lipinski definition) is 3. The predicted octanol–water partition coefficient (Wildman–Crippen LogP) is 1.93. The van der Waals surface area contributed by atoms with Crippen LogP contribution < -0.4 is 9.47 Å². The van der Waals surface area contributed by atoms with E-state index in [-0.39, 0.29) is 11.7 Å². The Hall–Kier alpha value is -1.71. The van der Waals surface area contributed by atoms with Crippen molar-refractivity contribution in [3.63, 3.8) is 0 Å². The van der Waals surface area contributed by atoms with Gasteiger partial charge in [0.2, 0.25) is 0 Å². The topological polar surface area (TPSA) is 55.8 Å². The lowest BCUT2D eigenvalue weighted by molar-refractivity contribution is 0.0691. The molecule has 1 fully saturated rings. The third-order valence-corrected chi connectivity index (χ3v) is 2.24. The molecule has 0 unspecified atom stereocenters. The highest BCUT2D eigenvalue weighted by molar-refractivity contribution is 5.92. The average molecular weight is 208 g/mol. The van der Waals surface area contributed by atoms with E-state index in [2.05, 4.69) is 0 Å². The van der Waals surface area contributed by atoms with Crippen LogP contribution in [-0.4, -0.2) is 24.3 Å². The first-order valence-corrected chi connectivity index (χ1v) is 4.79. The summed E-state index contributed by atoms with van der Waals surface area (Å²) >= 11 is 0. The highest BCUT2D eigenvalue weighted by Gasteiger charge is 2.27. The van der Waals surface area contributed by atoms with Gasteiger partial charge in [-0.25, -0.2) is 4.79 Å². The highest BCUT2D eigenvalue weighted by atomic mass is 16.5. The summed E-state index contributed by atoms with van der Waals surface area (Å²) in [7, 11) is 1.50. The summed E-state index contributed by atoms with van der Waals surface area (Å²) in [5.74, 6) is -0.179. The average Bonchev–Trinajstić information content (AvgIpc) is 3.01. The van der Waals surface area contributed by atoms with Crippen LogP contribution in [-0.2, 0) is 0 Å². The van der Waals surface area contributed by atoms with Crippen molar-refractivity contribution in [2.24, 2.45) is 0 Å². The van der Waals surface area contributed by atoms with Crippen molar-refractivity contribution in [3.05, 3.63) is 23.8 Å². The summed E-state index contributed by atoms with van der Waals surface area (Å²) < 4.78 is 10.6. The zero-order valence-electron chi connectivity index (χ0n) is 8.40. The maximum absolute atomic E-state index is 11.0. The van der Waals surface area contributed by atoms with Crippen LogP contribution in [0.4, 0.5) is 0 Å². The molecule has 1 aliphatic carbocycles. The fraction of sp³-hybridized carbons (Fsp3) is 0.364. The lowest BCUT2D eigenvalue weighted by Crippen LogP contribution is -2.06. The number of ether oxygens (including phenoxy) is 2. The van der Waals surface area contributed by atoms with Crippen molar-refractivity contribution in [2.45, 2.75) is 18.9 Å². The van der Waals surface area contributed by atoms with Crippen molar-refractivity contribution in [2.75, 3.05) is 7.11 Å². The lowest BCUT2D eigenvalue weighted by Gasteiger charge is -2.12. The smallest absolute Gasteiger partial charge is 0.339 e. The number of carboxylic acid groups (broad SMARTS) is 1. The zero-order valence-corrected chi connectivity index (χ0v) is 8.40. The van der Waals surface area contributed by atoms with Gasteiger partial charge >= 0.3 is 5.97 Å². The van der Waals surface area contributed by atoms with Crippen LogP contribution in [0.1, 0.15) is 23.2 Å². The van der Waals surface area contributed by atoms with Crippen LogP contribution in [0.2, 0.25) is 0 Å². The van der Waals surface area contributed by atoms with Gasteiger partial charge in [0.05, 0.1) is 13.2 Å². The first kappa shape index (κ1) is 9.83. The van der Waals surface area contributed by atoms with Crippen LogP contribution in [0, 0.1) is 0 Å². The van der Waals surface area contributed by atoms with E-state index in [0.717, 1.165) is 12.8 Å². The number of carbonyl (C=O) groups is 1. The van der Waals surface area contributed by atoms with Crippen molar-refractivity contribution >= 4 is 5.97 Å². The molecule has 1 N–H and O–H groups in total. The van der Waals surface area contributed by atoms with Gasteiger partial charge in [0.15, 0.2) is 11.5 Å². The molecule has 0 saturated heterocycles. The van der Waals surface area contributed by atoms with Crippen molar-refractivity contribution in [3.8, 4) is 11.5 Å². The molecular formula is C11H12O4. The molecule has 1 aliphatic rings. The van der Waals surface area contributed by atoms with Crippen LogP contribution in [0.25, 0.3) is 0 Å². The van der Waals surface area contributed by atoms with E-state index in [4.69, 9.17) is 14.6 Å². The van der Waals surface area contributed by atoms with Crippen molar-refractivity contribution in [1.29, 1.82) is 0 Å². The molecule has 1 aromatic rings. The van der Waals surface area contributed by atoms with Gasteiger partial charge in [0.25, 0.3) is 0 Å². The Labute approximate surface area is 87.4 Å². The Kier molecular flexibility index (Phi) is 2.49. The second-order valence-corrected chi connectivity index (χ2v) is 3.46. The summed E-state index contributed by atoms with van der Waals surface area (Å²) in [6.07, 6.45) is 2.12. The minimum atomic E-state index is -0.996. The molecule has 0 aromatic heterocycles. The molecule has 0 aliphatic heterocycles. The van der Waals surface area contributed by atoms with E-state index in [1.807, 2.05) is 0 Å². The number of methoxy groups -OCH3 is 1. The molecule has 2 rings (SSSR count). The summed E-state index contributed by atoms with van der Waals surface area (Å²) in [6.45, 7) is 0. The molecular weight excluding hydrogens is 196 g/mol. The van der Waals surface area contributed by atoms with Gasteiger partial charge < -0.3 is 14.6 Å². The minimum absolute atomic E-state index is 0.152. The Balaban J connectivity index is 2.38. The fourth-order valence-electron chi connectivity index (χ4n) is 1.32. The van der Waals surface area contributed by atoms with Gasteiger partial charge in [-0.2, -0.15) is 0 Å². The van der Waals surface area contributed by atoms with E-state index >= 15 is 0 Å². The van der Waals surface area contributed by atoms with E-state index in [0.29, 0.717) is 11.5 Å². The first-order chi connectivity index (χ1) is 7.22. The first-order valence-electron chi connectivity index (χ1n) is 4.79. The highest BCUT2D eigenvalue weighted by Crippen LogP contribution is 2.36. The van der Waals surface area contributed by atoms with E-state index in [1.165, 1.54) is 13.2 Å². The largest absolute Gasteiger partial charge is 0.493 e. The van der Waals surface area contributed by atoms with Crippen LogP contribution in [0.5, 0.6) is 11.5 Å². The number of hydrogen-bond donors (Lipinski definition) is 1.